The molecular formula is C8H9N4S+. The minimum Gasteiger partial charge on any atom is -0.311 e. The van der Waals surface area contributed by atoms with E-state index < -0.39 is 0 Å². The van der Waals surface area contributed by atoms with Gasteiger partial charge in [0.2, 0.25) is 0 Å². The van der Waals surface area contributed by atoms with Gasteiger partial charge in [-0.25, -0.2) is 4.99 Å². The smallest absolute Gasteiger partial charge is 0.303 e. The van der Waals surface area contributed by atoms with E-state index in [1.807, 2.05) is 24.3 Å². The zero-order valence-corrected chi connectivity index (χ0v) is 7.64. The Morgan fingerprint density at radius 2 is 2.08 bits per heavy atom. The van der Waals surface area contributed by atoms with Gasteiger partial charge in [-0.05, 0) is 12.1 Å². The van der Waals surface area contributed by atoms with Crippen LogP contribution in [0.3, 0.4) is 0 Å². The van der Waals surface area contributed by atoms with Crippen LogP contribution in [0.5, 0.6) is 0 Å². The quantitative estimate of drug-likeness (QED) is 0.413. The fourth-order valence-corrected chi connectivity index (χ4v) is 1.94. The molecular weight excluding hydrogens is 184 g/mol. The second-order valence-corrected chi connectivity index (χ2v) is 3.60. The van der Waals surface area contributed by atoms with Crippen LogP contribution in [0.4, 0.5) is 5.13 Å². The highest BCUT2D eigenvalue weighted by atomic mass is 32.1. The molecule has 2 aromatic rings. The molecule has 2 rings (SSSR count). The Bertz CT molecular complexity index is 423. The molecule has 0 radical (unpaired) electrons. The van der Waals surface area contributed by atoms with E-state index in [1.165, 1.54) is 11.3 Å². The van der Waals surface area contributed by atoms with Crippen molar-refractivity contribution in [3.8, 4) is 0 Å². The van der Waals surface area contributed by atoms with Gasteiger partial charge in [0.1, 0.15) is 5.52 Å². The van der Waals surface area contributed by atoms with E-state index in [-0.39, 0.29) is 5.96 Å². The van der Waals surface area contributed by atoms with Gasteiger partial charge in [0, 0.05) is 0 Å². The number of guanidine groups is 1. The Kier molecular flexibility index (Phi) is 1.86. The van der Waals surface area contributed by atoms with E-state index in [4.69, 9.17) is 11.5 Å². The third-order valence-electron chi connectivity index (χ3n) is 1.55. The zero-order chi connectivity index (χ0) is 9.26. The molecule has 0 unspecified atom stereocenters. The minimum absolute atomic E-state index is 0.166. The maximum Gasteiger partial charge on any atom is 0.303 e. The first kappa shape index (κ1) is 8.00. The molecule has 13 heavy (non-hydrogen) atoms. The summed E-state index contributed by atoms with van der Waals surface area (Å²) in [7, 11) is 0. The van der Waals surface area contributed by atoms with Crippen molar-refractivity contribution in [2.45, 2.75) is 0 Å². The van der Waals surface area contributed by atoms with Crippen LogP contribution in [0.25, 0.3) is 10.2 Å². The number of fused-ring (bicyclic) bond motifs is 1. The number of hydrogen-bond acceptors (Lipinski definition) is 2. The van der Waals surface area contributed by atoms with Gasteiger partial charge in [0.05, 0.1) is 4.70 Å². The molecule has 0 amide bonds. The number of rotatable bonds is 1. The molecule has 0 aliphatic heterocycles. The summed E-state index contributed by atoms with van der Waals surface area (Å²) in [6, 6.07) is 7.87. The van der Waals surface area contributed by atoms with Gasteiger partial charge >= 0.3 is 5.96 Å². The molecule has 0 saturated carbocycles. The molecule has 1 aromatic heterocycles. The first-order valence-electron chi connectivity index (χ1n) is 3.76. The van der Waals surface area contributed by atoms with Gasteiger partial charge in [0.15, 0.2) is 0 Å². The molecule has 0 bridgehead atoms. The van der Waals surface area contributed by atoms with Crippen molar-refractivity contribution in [2.24, 2.45) is 11.5 Å². The summed E-state index contributed by atoms with van der Waals surface area (Å²) in [5.41, 5.74) is 11.5. The lowest BCUT2D eigenvalue weighted by atomic mass is 10.3. The molecule has 5 heteroatoms. The standard InChI is InChI=1S/C8H8N4S/c9-7(10)12-8-11-5-3-1-2-4-6(5)13-8/h1-4H,(H4,9,10,11,12)/p+1. The summed E-state index contributed by atoms with van der Waals surface area (Å²) in [4.78, 5) is 7.05. The summed E-state index contributed by atoms with van der Waals surface area (Å²) >= 11 is 1.52. The van der Waals surface area contributed by atoms with Crippen LogP contribution in [-0.4, -0.2) is 10.9 Å². The number of thiazole rings is 1. The topological polar surface area (TPSA) is 78.9 Å². The van der Waals surface area contributed by atoms with Gasteiger partial charge in [-0.2, -0.15) is 0 Å². The molecule has 0 spiro atoms. The van der Waals surface area contributed by atoms with Gasteiger partial charge < -0.3 is 11.5 Å². The van der Waals surface area contributed by atoms with Crippen LogP contribution >= 0.6 is 11.3 Å². The number of benzene rings is 1. The molecule has 0 aliphatic rings. The fourth-order valence-electron chi connectivity index (χ4n) is 1.05. The highest BCUT2D eigenvalue weighted by Gasteiger charge is 2.04. The van der Waals surface area contributed by atoms with Gasteiger partial charge in [-0.3, -0.25) is 0 Å². The van der Waals surface area contributed by atoms with Crippen molar-refractivity contribution in [3.63, 3.8) is 0 Å². The second-order valence-electron chi connectivity index (χ2n) is 2.57. The lowest BCUT2D eigenvalue weighted by molar-refractivity contribution is -0.355. The Morgan fingerprint density at radius 1 is 1.31 bits per heavy atom. The van der Waals surface area contributed by atoms with Gasteiger partial charge in [-0.1, -0.05) is 23.5 Å². The van der Waals surface area contributed by atoms with E-state index in [1.54, 1.807) is 0 Å². The van der Waals surface area contributed by atoms with Crippen molar-refractivity contribution in [1.29, 1.82) is 0 Å². The van der Waals surface area contributed by atoms with Crippen LogP contribution in [0.2, 0.25) is 0 Å². The lowest BCUT2D eigenvalue weighted by Gasteiger charge is -1.79. The highest BCUT2D eigenvalue weighted by Crippen LogP contribution is 2.21. The summed E-state index contributed by atoms with van der Waals surface area (Å²) in [5.74, 6) is 0.166. The van der Waals surface area contributed by atoms with Crippen LogP contribution in [0.1, 0.15) is 0 Å². The normalized spacial score (nSPS) is 10.2. The molecule has 0 fully saturated rings. The van der Waals surface area contributed by atoms with Gasteiger partial charge in [0.25, 0.3) is 5.13 Å². The minimum atomic E-state index is 0.166. The first-order valence-corrected chi connectivity index (χ1v) is 4.58. The number of nitrogens with one attached hydrogen (secondary N) is 1. The fraction of sp³-hybridized carbons (Fsp3) is 0. The molecule has 0 aliphatic carbocycles. The number of hydrogen-bond donors (Lipinski definition) is 3. The van der Waals surface area contributed by atoms with E-state index in [9.17, 15) is 0 Å². The van der Waals surface area contributed by atoms with Crippen molar-refractivity contribution >= 4 is 32.6 Å². The lowest BCUT2D eigenvalue weighted by Crippen LogP contribution is -2.72. The number of aromatic nitrogens is 1. The number of nitrogens with two attached hydrogens (primary N) is 2. The maximum atomic E-state index is 5.30. The molecule has 5 N–H and O–H groups in total. The van der Waals surface area contributed by atoms with E-state index in [2.05, 4.69) is 9.98 Å². The average molecular weight is 193 g/mol. The second kappa shape index (κ2) is 3.02. The Balaban J connectivity index is 2.56. The maximum absolute atomic E-state index is 5.30. The Morgan fingerprint density at radius 3 is 2.77 bits per heavy atom. The predicted octanol–water partition coefficient (Wildman–Crippen LogP) is -0.718. The molecule has 1 heterocycles. The molecule has 0 atom stereocenters. The van der Waals surface area contributed by atoms with Crippen LogP contribution in [0, 0.1) is 0 Å². The van der Waals surface area contributed by atoms with Crippen LogP contribution < -0.4 is 16.5 Å². The van der Waals surface area contributed by atoms with E-state index >= 15 is 0 Å². The summed E-state index contributed by atoms with van der Waals surface area (Å²) in [6.07, 6.45) is 0. The molecule has 4 nitrogen and oxygen atoms in total. The largest absolute Gasteiger partial charge is 0.311 e. The average Bonchev–Trinajstić information content (AvgIpc) is 2.44. The first-order chi connectivity index (χ1) is 6.25. The summed E-state index contributed by atoms with van der Waals surface area (Å²) in [5, 5.41) is 0.723. The van der Waals surface area contributed by atoms with Crippen molar-refractivity contribution in [2.75, 3.05) is 0 Å². The highest BCUT2D eigenvalue weighted by molar-refractivity contribution is 7.21. The van der Waals surface area contributed by atoms with Gasteiger partial charge in [-0.15, -0.1) is 4.98 Å². The summed E-state index contributed by atoms with van der Waals surface area (Å²) in [6.45, 7) is 0. The molecule has 0 saturated heterocycles. The SMILES string of the molecule is NC(N)=[NH+]c1nc2ccccc2s1. The zero-order valence-electron chi connectivity index (χ0n) is 6.82. The number of para-hydroxylation sites is 1. The van der Waals surface area contributed by atoms with E-state index in [0.717, 1.165) is 15.3 Å². The Hall–Kier alpha value is -1.62. The van der Waals surface area contributed by atoms with E-state index in [0.29, 0.717) is 0 Å². The predicted molar refractivity (Wildman–Crippen MR) is 53.6 cm³/mol. The monoisotopic (exact) mass is 193 g/mol. The summed E-state index contributed by atoms with van der Waals surface area (Å²) < 4.78 is 1.12. The van der Waals surface area contributed by atoms with Crippen LogP contribution in [0.15, 0.2) is 24.3 Å². The number of nitrogens with zero attached hydrogens (tertiary/aromatic N) is 1. The van der Waals surface area contributed by atoms with Crippen LogP contribution in [-0.2, 0) is 0 Å². The third kappa shape index (κ3) is 1.59. The third-order valence-corrected chi connectivity index (χ3v) is 2.50. The Labute approximate surface area is 78.9 Å². The van der Waals surface area contributed by atoms with Crippen molar-refractivity contribution in [3.05, 3.63) is 24.3 Å². The molecule has 66 valence electrons. The van der Waals surface area contributed by atoms with Crippen molar-refractivity contribution in [1.82, 2.24) is 4.98 Å². The molecule has 1 aromatic carbocycles. The van der Waals surface area contributed by atoms with Crippen molar-refractivity contribution < 1.29 is 4.99 Å².